The number of Topliss-reactive ketones (excluding diaryl/α,β-unsaturated/α-hetero) is 2. The molecule has 2 aromatic heterocycles. The number of ketones is 2. The van der Waals surface area contributed by atoms with E-state index in [1.165, 1.54) is 29.2 Å². The van der Waals surface area contributed by atoms with Gasteiger partial charge in [-0.15, -0.1) is 0 Å². The number of anilines is 4. The zero-order valence-electron chi connectivity index (χ0n) is 25.3. The molecular formula is C29H32N10O9. The van der Waals surface area contributed by atoms with Gasteiger partial charge in [0.25, 0.3) is 5.91 Å². The van der Waals surface area contributed by atoms with Gasteiger partial charge in [-0.3, -0.25) is 43.1 Å². The molecule has 2 unspecified atom stereocenters. The van der Waals surface area contributed by atoms with E-state index in [1.807, 2.05) is 0 Å². The summed E-state index contributed by atoms with van der Waals surface area (Å²) in [6, 6.07) is 11.0. The molecule has 19 heteroatoms. The van der Waals surface area contributed by atoms with E-state index in [2.05, 4.69) is 50.6 Å². The number of nitrogens with zero attached hydrogens (tertiary/aromatic N) is 3. The minimum absolute atomic E-state index is 0.0402. The SMILES string of the molecule is NCCCC1(C(=O)CNC(=O)c2ccc(Nc3noc(=O)[nH]3)cc2)C(C(=O)c2ccc(Nc3noc(=O)[nH]3)cc2)NCCN1CC(=O)O. The number of hydrogen-bond acceptors (Lipinski definition) is 15. The Morgan fingerprint density at radius 3 is 1.98 bits per heavy atom. The minimum Gasteiger partial charge on any atom is -0.480 e. The number of piperazine rings is 1. The van der Waals surface area contributed by atoms with E-state index in [9.17, 15) is 33.9 Å². The van der Waals surface area contributed by atoms with Gasteiger partial charge in [-0.05, 0) is 78.2 Å². The second kappa shape index (κ2) is 14.7. The molecule has 5 rings (SSSR count). The summed E-state index contributed by atoms with van der Waals surface area (Å²) in [4.78, 5) is 81.8. The van der Waals surface area contributed by atoms with Crippen molar-refractivity contribution in [3.05, 3.63) is 80.8 Å². The number of carboxylic acids is 1. The summed E-state index contributed by atoms with van der Waals surface area (Å²) in [6.45, 7) is -0.514. The van der Waals surface area contributed by atoms with Crippen LogP contribution in [0.3, 0.4) is 0 Å². The molecule has 0 bridgehead atoms. The number of carbonyl (C=O) groups excluding carboxylic acids is 3. The Kier molecular flexibility index (Phi) is 10.2. The molecule has 19 nitrogen and oxygen atoms in total. The summed E-state index contributed by atoms with van der Waals surface area (Å²) in [5.41, 5.74) is 5.56. The van der Waals surface area contributed by atoms with Crippen molar-refractivity contribution >= 4 is 46.7 Å². The third kappa shape index (κ3) is 7.54. The number of H-pyrrole nitrogens is 2. The summed E-state index contributed by atoms with van der Waals surface area (Å²) in [5.74, 6) is -4.19. The van der Waals surface area contributed by atoms with Gasteiger partial charge in [-0.25, -0.2) is 9.59 Å². The molecule has 4 aromatic rings. The number of aromatic amines is 2. The van der Waals surface area contributed by atoms with Crippen LogP contribution in [-0.4, -0.2) is 98.0 Å². The smallest absolute Gasteiger partial charge is 0.440 e. The lowest BCUT2D eigenvalue weighted by molar-refractivity contribution is -0.145. The summed E-state index contributed by atoms with van der Waals surface area (Å²) in [7, 11) is 0. The molecule has 1 amide bonds. The molecule has 1 saturated heterocycles. The second-order valence-electron chi connectivity index (χ2n) is 10.8. The van der Waals surface area contributed by atoms with Crippen molar-refractivity contribution in [3.8, 4) is 0 Å². The van der Waals surface area contributed by atoms with Crippen molar-refractivity contribution in [1.82, 2.24) is 35.8 Å². The lowest BCUT2D eigenvalue weighted by atomic mass is 9.74. The summed E-state index contributed by atoms with van der Waals surface area (Å²) in [6.07, 6.45) is 0.323. The van der Waals surface area contributed by atoms with Gasteiger partial charge in [0.05, 0.1) is 19.1 Å². The van der Waals surface area contributed by atoms with Gasteiger partial charge in [0.1, 0.15) is 5.54 Å². The van der Waals surface area contributed by atoms with Crippen LogP contribution >= 0.6 is 0 Å². The first-order valence-electron chi connectivity index (χ1n) is 14.7. The number of carbonyl (C=O) groups is 4. The van der Waals surface area contributed by atoms with Crippen LogP contribution in [0.4, 0.5) is 23.3 Å². The van der Waals surface area contributed by atoms with Crippen LogP contribution in [0.25, 0.3) is 0 Å². The van der Waals surface area contributed by atoms with Crippen LogP contribution < -0.4 is 38.5 Å². The Hall–Kier alpha value is -5.92. The number of rotatable bonds is 15. The molecule has 252 valence electrons. The Balaban J connectivity index is 1.36. The van der Waals surface area contributed by atoms with Crippen molar-refractivity contribution in [2.24, 2.45) is 5.73 Å². The van der Waals surface area contributed by atoms with Gasteiger partial charge in [0, 0.05) is 35.6 Å². The standard InChI is InChI=1S/C29H32N10O9/c30-11-1-10-29(20(40)14-32-24(44)17-4-8-19(9-5-17)34-26-36-28(46)48-38-26)23(31-12-13-39(29)15-21(41)42)22(43)16-2-6-18(7-3-16)33-25-35-27(45)47-37-25/h2-9,23,31H,1,10-15,30H2,(H,32,44)(H,41,42)(H2,33,35,37,45)(H2,34,36,38,46). The maximum atomic E-state index is 14.2. The second-order valence-corrected chi connectivity index (χ2v) is 10.8. The van der Waals surface area contributed by atoms with Crippen molar-refractivity contribution < 1.29 is 33.3 Å². The number of nitrogens with one attached hydrogen (secondary N) is 6. The molecule has 0 saturated carbocycles. The highest BCUT2D eigenvalue weighted by molar-refractivity contribution is 6.08. The zero-order valence-corrected chi connectivity index (χ0v) is 25.3. The first kappa shape index (κ1) is 33.4. The van der Waals surface area contributed by atoms with Gasteiger partial charge in [0.2, 0.25) is 11.9 Å². The van der Waals surface area contributed by atoms with E-state index in [1.54, 1.807) is 24.3 Å². The van der Waals surface area contributed by atoms with E-state index in [0.717, 1.165) is 0 Å². The maximum Gasteiger partial charge on any atom is 0.440 e. The molecular weight excluding hydrogens is 632 g/mol. The van der Waals surface area contributed by atoms with Crippen molar-refractivity contribution in [1.29, 1.82) is 0 Å². The largest absolute Gasteiger partial charge is 0.480 e. The van der Waals surface area contributed by atoms with Crippen LogP contribution in [0.15, 0.2) is 67.2 Å². The number of hydrogen-bond donors (Lipinski definition) is 8. The Morgan fingerprint density at radius 2 is 1.48 bits per heavy atom. The van der Waals surface area contributed by atoms with E-state index in [-0.39, 0.29) is 55.5 Å². The third-order valence-electron chi connectivity index (χ3n) is 7.74. The molecule has 0 spiro atoms. The van der Waals surface area contributed by atoms with Crippen LogP contribution in [-0.2, 0) is 9.59 Å². The number of amides is 1. The van der Waals surface area contributed by atoms with Gasteiger partial charge in [-0.1, -0.05) is 0 Å². The summed E-state index contributed by atoms with van der Waals surface area (Å²) >= 11 is 0. The fraction of sp³-hybridized carbons (Fsp3) is 0.310. The molecule has 0 radical (unpaired) electrons. The molecule has 9 N–H and O–H groups in total. The molecule has 0 aliphatic carbocycles. The van der Waals surface area contributed by atoms with Crippen molar-refractivity contribution in [2.45, 2.75) is 24.4 Å². The highest BCUT2D eigenvalue weighted by Gasteiger charge is 2.54. The van der Waals surface area contributed by atoms with Crippen molar-refractivity contribution in [3.63, 3.8) is 0 Å². The van der Waals surface area contributed by atoms with Gasteiger partial charge in [0.15, 0.2) is 11.6 Å². The highest BCUT2D eigenvalue weighted by Crippen LogP contribution is 2.32. The fourth-order valence-corrected chi connectivity index (χ4v) is 5.58. The minimum atomic E-state index is -1.67. The quantitative estimate of drug-likeness (QED) is 0.0746. The molecule has 1 aliphatic rings. The maximum absolute atomic E-state index is 14.2. The van der Waals surface area contributed by atoms with Crippen LogP contribution in [0.2, 0.25) is 0 Å². The average molecular weight is 665 g/mol. The number of benzene rings is 2. The zero-order chi connectivity index (χ0) is 34.3. The third-order valence-corrected chi connectivity index (χ3v) is 7.74. The van der Waals surface area contributed by atoms with Gasteiger partial charge in [-0.2, -0.15) is 0 Å². The van der Waals surface area contributed by atoms with Gasteiger partial charge < -0.3 is 32.1 Å². The molecule has 48 heavy (non-hydrogen) atoms. The monoisotopic (exact) mass is 664 g/mol. The predicted molar refractivity (Wildman–Crippen MR) is 167 cm³/mol. The Bertz CT molecular complexity index is 1880. The number of aliphatic carboxylic acids is 1. The van der Waals surface area contributed by atoms with Crippen LogP contribution in [0.5, 0.6) is 0 Å². The van der Waals surface area contributed by atoms with E-state index < -0.39 is 59.6 Å². The molecule has 1 fully saturated rings. The lowest BCUT2D eigenvalue weighted by Crippen LogP contribution is -2.74. The van der Waals surface area contributed by atoms with E-state index in [0.29, 0.717) is 11.4 Å². The molecule has 3 heterocycles. The number of nitrogens with two attached hydrogens (primary N) is 1. The fourth-order valence-electron chi connectivity index (χ4n) is 5.58. The Morgan fingerprint density at radius 1 is 0.917 bits per heavy atom. The summed E-state index contributed by atoms with van der Waals surface area (Å²) in [5, 5.41) is 28.1. The molecule has 1 aliphatic heterocycles. The van der Waals surface area contributed by atoms with Crippen LogP contribution in [0, 0.1) is 0 Å². The highest BCUT2D eigenvalue weighted by atomic mass is 16.5. The predicted octanol–water partition coefficient (Wildman–Crippen LogP) is -0.456. The first-order chi connectivity index (χ1) is 23.1. The van der Waals surface area contributed by atoms with E-state index >= 15 is 0 Å². The number of carboxylic acid groups (broad SMARTS) is 1. The lowest BCUT2D eigenvalue weighted by Gasteiger charge is -2.50. The normalized spacial score (nSPS) is 17.8. The van der Waals surface area contributed by atoms with Gasteiger partial charge >= 0.3 is 17.5 Å². The topological polar surface area (TPSA) is 284 Å². The van der Waals surface area contributed by atoms with Crippen molar-refractivity contribution in [2.75, 3.05) is 43.4 Å². The van der Waals surface area contributed by atoms with E-state index in [4.69, 9.17) is 5.73 Å². The average Bonchev–Trinajstić information content (AvgIpc) is 3.69. The van der Waals surface area contributed by atoms with Crippen LogP contribution in [0.1, 0.15) is 33.6 Å². The summed E-state index contributed by atoms with van der Waals surface area (Å²) < 4.78 is 8.89. The molecule has 2 aromatic carbocycles. The molecule has 2 atom stereocenters. The first-order valence-corrected chi connectivity index (χ1v) is 14.7. The number of aromatic nitrogens is 4. The Labute approximate surface area is 270 Å².